The van der Waals surface area contributed by atoms with Crippen molar-refractivity contribution in [2.24, 2.45) is 5.92 Å². The van der Waals surface area contributed by atoms with Crippen LogP contribution in [0.2, 0.25) is 0 Å². The van der Waals surface area contributed by atoms with Crippen molar-refractivity contribution in [2.45, 2.75) is 40.2 Å². The van der Waals surface area contributed by atoms with Gasteiger partial charge < -0.3 is 14.9 Å². The Morgan fingerprint density at radius 3 is 2.12 bits per heavy atom. The number of aliphatic carboxylic acids is 1. The molecule has 2 amide bonds. The third kappa shape index (κ3) is 4.63. The second-order valence-corrected chi connectivity index (χ2v) is 4.46. The zero-order valence-corrected chi connectivity index (χ0v) is 11.4. The van der Waals surface area contributed by atoms with Crippen molar-refractivity contribution in [1.29, 1.82) is 0 Å². The van der Waals surface area contributed by atoms with Crippen LogP contribution in [0, 0.1) is 5.92 Å². The van der Waals surface area contributed by atoms with Crippen LogP contribution in [0.1, 0.15) is 34.1 Å². The third-order valence-corrected chi connectivity index (χ3v) is 3.12. The molecule has 0 saturated heterocycles. The monoisotopic (exact) mass is 244 g/mol. The quantitative estimate of drug-likeness (QED) is 0.776. The average Bonchev–Trinajstić information content (AvgIpc) is 2.32. The molecule has 0 aliphatic heterocycles. The van der Waals surface area contributed by atoms with E-state index in [9.17, 15) is 9.59 Å². The molecule has 0 spiro atoms. The van der Waals surface area contributed by atoms with E-state index in [0.717, 1.165) is 6.42 Å². The maximum absolute atomic E-state index is 12.1. The van der Waals surface area contributed by atoms with Gasteiger partial charge in [-0.25, -0.2) is 9.59 Å². The van der Waals surface area contributed by atoms with Crippen molar-refractivity contribution >= 4 is 12.0 Å². The van der Waals surface area contributed by atoms with Gasteiger partial charge in [-0.3, -0.25) is 0 Å². The highest BCUT2D eigenvalue weighted by molar-refractivity contribution is 5.82. The molecule has 0 fully saturated rings. The minimum absolute atomic E-state index is 0.220. The van der Waals surface area contributed by atoms with Crippen LogP contribution in [-0.2, 0) is 4.79 Å². The first-order chi connectivity index (χ1) is 7.84. The van der Waals surface area contributed by atoms with E-state index in [2.05, 4.69) is 13.8 Å². The second-order valence-electron chi connectivity index (χ2n) is 4.46. The van der Waals surface area contributed by atoms with E-state index in [-0.39, 0.29) is 6.03 Å². The van der Waals surface area contributed by atoms with Gasteiger partial charge in [-0.15, -0.1) is 0 Å². The van der Waals surface area contributed by atoms with Crippen LogP contribution in [0.25, 0.3) is 0 Å². The number of carboxylic acid groups (broad SMARTS) is 1. The highest BCUT2D eigenvalue weighted by Gasteiger charge is 2.25. The fraction of sp³-hybridized carbons (Fsp3) is 0.833. The molecule has 5 nitrogen and oxygen atoms in total. The van der Waals surface area contributed by atoms with Crippen LogP contribution < -0.4 is 0 Å². The average molecular weight is 244 g/mol. The molecule has 2 atom stereocenters. The molecule has 0 aliphatic rings. The normalized spacial score (nSPS) is 13.9. The fourth-order valence-corrected chi connectivity index (χ4v) is 1.40. The van der Waals surface area contributed by atoms with Gasteiger partial charge in [-0.2, -0.15) is 0 Å². The zero-order chi connectivity index (χ0) is 13.6. The summed E-state index contributed by atoms with van der Waals surface area (Å²) in [4.78, 5) is 25.8. The maximum Gasteiger partial charge on any atom is 0.326 e. The lowest BCUT2D eigenvalue weighted by Crippen LogP contribution is -2.48. The molecule has 1 N–H and O–H groups in total. The number of likely N-dealkylation sites (N-methyl/N-ethyl adjacent to an activating group) is 1. The first kappa shape index (κ1) is 15.7. The summed E-state index contributed by atoms with van der Waals surface area (Å²) in [7, 11) is 1.53. The summed E-state index contributed by atoms with van der Waals surface area (Å²) in [5.74, 6) is -0.562. The number of hydrogen-bond donors (Lipinski definition) is 1. The van der Waals surface area contributed by atoms with E-state index < -0.39 is 12.0 Å². The molecule has 0 aromatic rings. The molecule has 0 radical (unpaired) electrons. The van der Waals surface area contributed by atoms with Gasteiger partial charge in [0.2, 0.25) is 0 Å². The Morgan fingerprint density at radius 1 is 1.24 bits per heavy atom. The number of nitrogens with zero attached hydrogens (tertiary/aromatic N) is 2. The predicted molar refractivity (Wildman–Crippen MR) is 67.0 cm³/mol. The number of carboxylic acids is 1. The summed E-state index contributed by atoms with van der Waals surface area (Å²) in [5.41, 5.74) is 0. The summed E-state index contributed by atoms with van der Waals surface area (Å²) in [6.07, 6.45) is 1.00. The van der Waals surface area contributed by atoms with E-state index >= 15 is 0 Å². The topological polar surface area (TPSA) is 60.9 Å². The number of rotatable bonds is 6. The summed E-state index contributed by atoms with van der Waals surface area (Å²) in [5, 5.41) is 8.87. The van der Waals surface area contributed by atoms with Gasteiger partial charge in [-0.05, 0) is 19.8 Å². The van der Waals surface area contributed by atoms with Crippen molar-refractivity contribution in [1.82, 2.24) is 9.80 Å². The molecule has 0 aliphatic carbocycles. The van der Waals surface area contributed by atoms with Gasteiger partial charge >= 0.3 is 12.0 Å². The number of amides is 2. The second kappa shape index (κ2) is 7.14. The highest BCUT2D eigenvalue weighted by atomic mass is 16.4. The van der Waals surface area contributed by atoms with Crippen molar-refractivity contribution < 1.29 is 14.7 Å². The van der Waals surface area contributed by atoms with Crippen LogP contribution in [-0.4, -0.2) is 53.1 Å². The minimum Gasteiger partial charge on any atom is -0.480 e. The molecular weight excluding hydrogens is 220 g/mol. The van der Waals surface area contributed by atoms with E-state index in [0.29, 0.717) is 19.0 Å². The van der Waals surface area contributed by atoms with Gasteiger partial charge in [0.15, 0.2) is 0 Å². The van der Waals surface area contributed by atoms with E-state index in [1.165, 1.54) is 18.9 Å². The predicted octanol–water partition coefficient (Wildman–Crippen LogP) is 1.88. The van der Waals surface area contributed by atoms with Gasteiger partial charge in [0.1, 0.15) is 6.04 Å². The third-order valence-electron chi connectivity index (χ3n) is 3.12. The Morgan fingerprint density at radius 2 is 1.76 bits per heavy atom. The van der Waals surface area contributed by atoms with Crippen LogP contribution in [0.3, 0.4) is 0 Å². The lowest BCUT2D eigenvalue weighted by molar-refractivity contribution is -0.141. The molecule has 5 heteroatoms. The molecule has 17 heavy (non-hydrogen) atoms. The molecular formula is C12H24N2O3. The first-order valence-corrected chi connectivity index (χ1v) is 6.09. The SMILES string of the molecule is CCC(C)CN(CC)C(=O)N(C)C(C)C(=O)O. The fourth-order valence-electron chi connectivity index (χ4n) is 1.40. The van der Waals surface area contributed by atoms with E-state index in [1.54, 1.807) is 4.90 Å². The number of hydrogen-bond acceptors (Lipinski definition) is 2. The van der Waals surface area contributed by atoms with Crippen LogP contribution >= 0.6 is 0 Å². The summed E-state index contributed by atoms with van der Waals surface area (Å²) in [6.45, 7) is 8.84. The Kier molecular flexibility index (Phi) is 6.61. The van der Waals surface area contributed by atoms with Gasteiger partial charge in [-0.1, -0.05) is 20.3 Å². The molecule has 0 aromatic carbocycles. The number of carbonyl (C=O) groups excluding carboxylic acids is 1. The van der Waals surface area contributed by atoms with E-state index in [4.69, 9.17) is 5.11 Å². The Hall–Kier alpha value is -1.26. The molecule has 0 bridgehead atoms. The lowest BCUT2D eigenvalue weighted by atomic mass is 10.1. The van der Waals surface area contributed by atoms with Crippen molar-refractivity contribution in [2.75, 3.05) is 20.1 Å². The molecule has 0 aromatic heterocycles. The summed E-state index contributed by atoms with van der Waals surface area (Å²) in [6, 6.07) is -1.02. The first-order valence-electron chi connectivity index (χ1n) is 6.09. The van der Waals surface area contributed by atoms with Crippen molar-refractivity contribution in [3.8, 4) is 0 Å². The molecule has 100 valence electrons. The molecule has 0 rings (SSSR count). The van der Waals surface area contributed by atoms with Gasteiger partial charge in [0, 0.05) is 20.1 Å². The number of urea groups is 1. The van der Waals surface area contributed by atoms with Crippen molar-refractivity contribution in [3.05, 3.63) is 0 Å². The Balaban J connectivity index is 4.58. The lowest BCUT2D eigenvalue weighted by Gasteiger charge is -2.31. The number of carbonyl (C=O) groups is 2. The van der Waals surface area contributed by atoms with Crippen LogP contribution in [0.5, 0.6) is 0 Å². The van der Waals surface area contributed by atoms with Crippen LogP contribution in [0.15, 0.2) is 0 Å². The van der Waals surface area contributed by atoms with Gasteiger partial charge in [0.05, 0.1) is 0 Å². The van der Waals surface area contributed by atoms with Crippen molar-refractivity contribution in [3.63, 3.8) is 0 Å². The minimum atomic E-state index is -0.986. The van der Waals surface area contributed by atoms with E-state index in [1.807, 2.05) is 6.92 Å². The smallest absolute Gasteiger partial charge is 0.326 e. The highest BCUT2D eigenvalue weighted by Crippen LogP contribution is 2.08. The van der Waals surface area contributed by atoms with Crippen LogP contribution in [0.4, 0.5) is 4.79 Å². The Bertz CT molecular complexity index is 268. The Labute approximate surface area is 103 Å². The largest absolute Gasteiger partial charge is 0.480 e. The molecule has 0 saturated carbocycles. The van der Waals surface area contributed by atoms with Gasteiger partial charge in [0.25, 0.3) is 0 Å². The standard InChI is InChI=1S/C12H24N2O3/c1-6-9(3)8-14(7-2)12(17)13(5)10(4)11(15)16/h9-10H,6-8H2,1-5H3,(H,15,16). The summed E-state index contributed by atoms with van der Waals surface area (Å²) >= 11 is 0. The maximum atomic E-state index is 12.1. The molecule has 0 heterocycles. The summed E-state index contributed by atoms with van der Waals surface area (Å²) < 4.78 is 0. The zero-order valence-electron chi connectivity index (χ0n) is 11.4. The molecule has 2 unspecified atom stereocenters.